The van der Waals surface area contributed by atoms with Crippen molar-refractivity contribution in [2.24, 2.45) is 5.11 Å². The summed E-state index contributed by atoms with van der Waals surface area (Å²) in [5.74, 6) is -1.37. The molecular weight excluding hydrogens is 372 g/mol. The van der Waals surface area contributed by atoms with Crippen LogP contribution in [0.2, 0.25) is 0 Å². The Kier molecular flexibility index (Phi) is 6.04. The Morgan fingerprint density at radius 1 is 1.14 bits per heavy atom. The van der Waals surface area contributed by atoms with E-state index in [2.05, 4.69) is 10.0 Å². The largest absolute Gasteiger partial charge is 0.480 e. The summed E-state index contributed by atoms with van der Waals surface area (Å²) in [7, 11) is 0. The van der Waals surface area contributed by atoms with Crippen LogP contribution in [0.1, 0.15) is 30.9 Å². The number of hydrogen-bond acceptors (Lipinski definition) is 4. The van der Waals surface area contributed by atoms with Crippen molar-refractivity contribution in [2.45, 2.75) is 31.8 Å². The van der Waals surface area contributed by atoms with Crippen molar-refractivity contribution in [1.29, 1.82) is 0 Å². The maximum atomic E-state index is 12.8. The van der Waals surface area contributed by atoms with Gasteiger partial charge >= 0.3 is 12.1 Å². The molecule has 8 nitrogen and oxygen atoms in total. The fourth-order valence-electron chi connectivity index (χ4n) is 3.77. The van der Waals surface area contributed by atoms with Gasteiger partial charge in [-0.25, -0.2) is 9.59 Å². The molecule has 0 radical (unpaired) electrons. The van der Waals surface area contributed by atoms with Crippen LogP contribution in [0.5, 0.6) is 0 Å². The molecule has 2 aromatic carbocycles. The lowest BCUT2D eigenvalue weighted by Crippen LogP contribution is -2.50. The molecular formula is C21H22N4O4. The Labute approximate surface area is 168 Å². The SMILES string of the molecule is CC(C)N(C(=O)OCC1c2ccccc2-c2ccccc21)C(CN=[N+]=[N-])C(=O)O. The van der Waals surface area contributed by atoms with Gasteiger partial charge in [-0.05, 0) is 41.6 Å². The molecule has 0 aromatic heterocycles. The van der Waals surface area contributed by atoms with Crippen LogP contribution in [0.25, 0.3) is 21.6 Å². The summed E-state index contributed by atoms with van der Waals surface area (Å²) in [5.41, 5.74) is 12.9. The fraction of sp³-hybridized carbons (Fsp3) is 0.333. The Morgan fingerprint density at radius 2 is 1.69 bits per heavy atom. The highest BCUT2D eigenvalue weighted by atomic mass is 16.6. The van der Waals surface area contributed by atoms with Crippen molar-refractivity contribution in [2.75, 3.05) is 13.2 Å². The lowest BCUT2D eigenvalue weighted by Gasteiger charge is -2.31. The molecule has 0 saturated carbocycles. The number of azide groups is 1. The minimum Gasteiger partial charge on any atom is -0.480 e. The number of rotatable bonds is 7. The molecule has 150 valence electrons. The van der Waals surface area contributed by atoms with Gasteiger partial charge in [0.1, 0.15) is 12.6 Å². The first-order chi connectivity index (χ1) is 14.0. The average Bonchev–Trinajstić information content (AvgIpc) is 3.02. The lowest BCUT2D eigenvalue weighted by molar-refractivity contribution is -0.143. The van der Waals surface area contributed by atoms with Gasteiger partial charge in [0.25, 0.3) is 0 Å². The molecule has 1 amide bonds. The van der Waals surface area contributed by atoms with Crippen LogP contribution < -0.4 is 0 Å². The highest BCUT2D eigenvalue weighted by molar-refractivity contribution is 5.81. The number of carboxylic acids is 1. The summed E-state index contributed by atoms with van der Waals surface area (Å²) < 4.78 is 5.56. The number of carbonyl (C=O) groups excluding carboxylic acids is 1. The molecule has 29 heavy (non-hydrogen) atoms. The second-order valence-corrected chi connectivity index (χ2v) is 7.07. The maximum absolute atomic E-state index is 12.8. The maximum Gasteiger partial charge on any atom is 0.410 e. The summed E-state index contributed by atoms with van der Waals surface area (Å²) in [4.78, 5) is 28.1. The standard InChI is InChI=1S/C21H22N4O4/c1-13(2)25(19(20(26)27)11-23-24-22)21(28)29-12-18-16-9-5-3-7-14(16)15-8-4-6-10-17(15)18/h3-10,13,18-19H,11-12H2,1-2H3,(H,26,27). The van der Waals surface area contributed by atoms with E-state index in [9.17, 15) is 14.7 Å². The summed E-state index contributed by atoms with van der Waals surface area (Å²) in [6.07, 6.45) is -0.748. The topological polar surface area (TPSA) is 116 Å². The molecule has 0 spiro atoms. The van der Waals surface area contributed by atoms with Crippen molar-refractivity contribution >= 4 is 12.1 Å². The van der Waals surface area contributed by atoms with E-state index in [1.807, 2.05) is 48.5 Å². The third-order valence-corrected chi connectivity index (χ3v) is 5.04. The van der Waals surface area contributed by atoms with Crippen LogP contribution in [0.4, 0.5) is 4.79 Å². The number of ether oxygens (including phenoxy) is 1. The van der Waals surface area contributed by atoms with Gasteiger partial charge < -0.3 is 9.84 Å². The molecule has 1 aliphatic rings. The Morgan fingerprint density at radius 3 is 2.17 bits per heavy atom. The Hall–Kier alpha value is -3.51. The number of carbonyl (C=O) groups is 2. The van der Waals surface area contributed by atoms with Crippen LogP contribution in [0.3, 0.4) is 0 Å². The molecule has 2 aromatic rings. The van der Waals surface area contributed by atoms with Gasteiger partial charge in [0, 0.05) is 16.9 Å². The van der Waals surface area contributed by atoms with Crippen LogP contribution in [0.15, 0.2) is 53.6 Å². The molecule has 1 aliphatic carbocycles. The normalized spacial score (nSPS) is 13.2. The van der Waals surface area contributed by atoms with E-state index in [0.717, 1.165) is 27.2 Å². The van der Waals surface area contributed by atoms with Crippen molar-refractivity contribution in [3.8, 4) is 11.1 Å². The number of hydrogen-bond donors (Lipinski definition) is 1. The highest BCUT2D eigenvalue weighted by Gasteiger charge is 2.34. The van der Waals surface area contributed by atoms with E-state index in [1.165, 1.54) is 0 Å². The third-order valence-electron chi connectivity index (χ3n) is 5.04. The first-order valence-corrected chi connectivity index (χ1v) is 9.32. The van der Waals surface area contributed by atoms with E-state index in [-0.39, 0.29) is 19.1 Å². The van der Waals surface area contributed by atoms with E-state index in [0.29, 0.717) is 0 Å². The zero-order valence-corrected chi connectivity index (χ0v) is 16.2. The molecule has 0 bridgehead atoms. The van der Waals surface area contributed by atoms with Gasteiger partial charge in [-0.15, -0.1) is 0 Å². The van der Waals surface area contributed by atoms with Crippen LogP contribution in [0, 0.1) is 0 Å². The Bertz CT molecular complexity index is 923. The molecule has 0 aliphatic heterocycles. The van der Waals surface area contributed by atoms with Crippen molar-refractivity contribution in [3.05, 3.63) is 70.1 Å². The number of fused-ring (bicyclic) bond motifs is 3. The highest BCUT2D eigenvalue weighted by Crippen LogP contribution is 2.44. The summed E-state index contributed by atoms with van der Waals surface area (Å²) in [6, 6.07) is 14.2. The third kappa shape index (κ3) is 4.02. The van der Waals surface area contributed by atoms with Gasteiger partial charge in [-0.1, -0.05) is 53.6 Å². The molecule has 1 atom stereocenters. The lowest BCUT2D eigenvalue weighted by atomic mass is 9.98. The predicted octanol–water partition coefficient (Wildman–Crippen LogP) is 4.41. The minimum atomic E-state index is -1.29. The molecule has 1 N–H and O–H groups in total. The monoisotopic (exact) mass is 394 g/mol. The second kappa shape index (κ2) is 8.67. The number of nitrogens with zero attached hydrogens (tertiary/aromatic N) is 4. The van der Waals surface area contributed by atoms with Crippen LogP contribution in [-0.2, 0) is 9.53 Å². The van der Waals surface area contributed by atoms with E-state index >= 15 is 0 Å². The fourth-order valence-corrected chi connectivity index (χ4v) is 3.77. The summed E-state index contributed by atoms with van der Waals surface area (Å²) in [6.45, 7) is 3.10. The molecule has 1 unspecified atom stereocenters. The minimum absolute atomic E-state index is 0.0872. The van der Waals surface area contributed by atoms with Gasteiger partial charge in [0.2, 0.25) is 0 Å². The number of carboxylic acid groups (broad SMARTS) is 1. The zero-order chi connectivity index (χ0) is 21.0. The number of benzene rings is 2. The van der Waals surface area contributed by atoms with E-state index in [4.69, 9.17) is 10.3 Å². The first kappa shape index (κ1) is 20.2. The molecule has 0 heterocycles. The van der Waals surface area contributed by atoms with Gasteiger partial charge in [0.05, 0.1) is 6.54 Å². The predicted molar refractivity (Wildman–Crippen MR) is 107 cm³/mol. The molecule has 8 heteroatoms. The summed E-state index contributed by atoms with van der Waals surface area (Å²) in [5, 5.41) is 12.8. The zero-order valence-electron chi connectivity index (χ0n) is 16.2. The summed E-state index contributed by atoms with van der Waals surface area (Å²) >= 11 is 0. The molecule has 0 saturated heterocycles. The first-order valence-electron chi connectivity index (χ1n) is 9.32. The number of aliphatic carboxylic acids is 1. The molecule has 0 fully saturated rings. The van der Waals surface area contributed by atoms with Crippen molar-refractivity contribution in [1.82, 2.24) is 4.90 Å². The Balaban J connectivity index is 1.82. The van der Waals surface area contributed by atoms with E-state index < -0.39 is 24.1 Å². The smallest absolute Gasteiger partial charge is 0.410 e. The number of amides is 1. The van der Waals surface area contributed by atoms with Crippen molar-refractivity contribution in [3.63, 3.8) is 0 Å². The van der Waals surface area contributed by atoms with Gasteiger partial charge in [-0.3, -0.25) is 4.90 Å². The molecule has 3 rings (SSSR count). The second-order valence-electron chi connectivity index (χ2n) is 7.07. The van der Waals surface area contributed by atoms with Crippen LogP contribution >= 0.6 is 0 Å². The van der Waals surface area contributed by atoms with Gasteiger partial charge in [-0.2, -0.15) is 0 Å². The van der Waals surface area contributed by atoms with E-state index in [1.54, 1.807) is 13.8 Å². The van der Waals surface area contributed by atoms with Crippen molar-refractivity contribution < 1.29 is 19.4 Å². The quantitative estimate of drug-likeness (QED) is 0.425. The van der Waals surface area contributed by atoms with Crippen LogP contribution in [-0.4, -0.2) is 47.3 Å². The van der Waals surface area contributed by atoms with Gasteiger partial charge in [0.15, 0.2) is 0 Å². The average molecular weight is 394 g/mol.